The molecule has 0 amide bonds. The first-order chi connectivity index (χ1) is 20.3. The van der Waals surface area contributed by atoms with Gasteiger partial charge in [-0.2, -0.15) is 0 Å². The first-order valence-corrected chi connectivity index (χ1v) is 13.7. The molecule has 192 valence electrons. The summed E-state index contributed by atoms with van der Waals surface area (Å²) in [5, 5.41) is 4.78. The van der Waals surface area contributed by atoms with Crippen LogP contribution >= 0.6 is 0 Å². The first-order valence-electron chi connectivity index (χ1n) is 13.7. The van der Waals surface area contributed by atoms with E-state index in [1.807, 2.05) is 36.8 Å². The molecule has 8 rings (SSSR count). The molecule has 8 aromatic rings. The van der Waals surface area contributed by atoms with Crippen LogP contribution in [-0.4, -0.2) is 19.5 Å². The second kappa shape index (κ2) is 9.54. The van der Waals surface area contributed by atoms with E-state index in [2.05, 4.69) is 124 Å². The standard InChI is InChI=1S/C37H24N4/c1-2-13-29-25(9-1)10-8-15-30(29)34-22-27(23-35(40-34)33-16-5-6-19-39-33)26-11-7-12-28(21-26)41-36-17-4-3-14-31(36)32-18-20-38-24-37(32)41/h1-24H. The van der Waals surface area contributed by atoms with Crippen molar-refractivity contribution >= 4 is 32.6 Å². The molecular weight excluding hydrogens is 500 g/mol. The summed E-state index contributed by atoms with van der Waals surface area (Å²) in [6.07, 6.45) is 5.63. The number of benzene rings is 4. The van der Waals surface area contributed by atoms with Crippen molar-refractivity contribution in [2.45, 2.75) is 0 Å². The van der Waals surface area contributed by atoms with E-state index < -0.39 is 0 Å². The van der Waals surface area contributed by atoms with E-state index in [1.54, 1.807) is 0 Å². The van der Waals surface area contributed by atoms with Crippen LogP contribution in [0, 0.1) is 0 Å². The predicted molar refractivity (Wildman–Crippen MR) is 168 cm³/mol. The van der Waals surface area contributed by atoms with Crippen molar-refractivity contribution in [2.24, 2.45) is 0 Å². The van der Waals surface area contributed by atoms with Crippen molar-refractivity contribution in [1.82, 2.24) is 19.5 Å². The van der Waals surface area contributed by atoms with Gasteiger partial charge in [0.1, 0.15) is 0 Å². The molecule has 0 spiro atoms. The van der Waals surface area contributed by atoms with Gasteiger partial charge in [0, 0.05) is 34.4 Å². The van der Waals surface area contributed by atoms with Crippen LogP contribution in [0.15, 0.2) is 146 Å². The van der Waals surface area contributed by atoms with E-state index in [0.717, 1.165) is 50.5 Å². The topological polar surface area (TPSA) is 43.6 Å². The fourth-order valence-electron chi connectivity index (χ4n) is 5.85. The number of hydrogen-bond acceptors (Lipinski definition) is 3. The minimum absolute atomic E-state index is 0.845. The average Bonchev–Trinajstić information content (AvgIpc) is 3.39. The smallest absolute Gasteiger partial charge is 0.0899 e. The summed E-state index contributed by atoms with van der Waals surface area (Å²) in [4.78, 5) is 14.2. The zero-order chi connectivity index (χ0) is 27.2. The summed E-state index contributed by atoms with van der Waals surface area (Å²) in [6, 6.07) is 44.5. The normalized spacial score (nSPS) is 11.4. The van der Waals surface area contributed by atoms with Crippen molar-refractivity contribution in [3.8, 4) is 39.5 Å². The summed E-state index contributed by atoms with van der Waals surface area (Å²) < 4.78 is 2.30. The Morgan fingerprint density at radius 1 is 0.488 bits per heavy atom. The Labute approximate surface area is 237 Å². The minimum atomic E-state index is 0.845. The van der Waals surface area contributed by atoms with Gasteiger partial charge >= 0.3 is 0 Å². The van der Waals surface area contributed by atoms with Gasteiger partial charge in [-0.15, -0.1) is 0 Å². The van der Waals surface area contributed by atoms with Crippen molar-refractivity contribution in [3.05, 3.63) is 146 Å². The van der Waals surface area contributed by atoms with Crippen LogP contribution in [0.4, 0.5) is 0 Å². The van der Waals surface area contributed by atoms with Gasteiger partial charge in [0.05, 0.1) is 34.3 Å². The summed E-state index contributed by atoms with van der Waals surface area (Å²) in [6.45, 7) is 0. The lowest BCUT2D eigenvalue weighted by Gasteiger charge is -2.13. The van der Waals surface area contributed by atoms with Gasteiger partial charge in [-0.3, -0.25) is 9.97 Å². The highest BCUT2D eigenvalue weighted by Crippen LogP contribution is 2.36. The van der Waals surface area contributed by atoms with Crippen LogP contribution in [-0.2, 0) is 0 Å². The predicted octanol–water partition coefficient (Wildman–Crippen LogP) is 9.12. The molecular formula is C37H24N4. The maximum atomic E-state index is 5.13. The maximum absolute atomic E-state index is 5.13. The van der Waals surface area contributed by atoms with Gasteiger partial charge in [0.25, 0.3) is 0 Å². The maximum Gasteiger partial charge on any atom is 0.0899 e. The molecule has 4 heterocycles. The molecule has 4 aromatic heterocycles. The van der Waals surface area contributed by atoms with Gasteiger partial charge in [-0.05, 0) is 70.4 Å². The number of para-hydroxylation sites is 1. The molecule has 0 unspecified atom stereocenters. The molecule has 0 atom stereocenters. The summed E-state index contributed by atoms with van der Waals surface area (Å²) >= 11 is 0. The lowest BCUT2D eigenvalue weighted by molar-refractivity contribution is 1.17. The molecule has 0 bridgehead atoms. The molecule has 0 aliphatic rings. The molecule has 4 heteroatoms. The molecule has 0 aliphatic carbocycles. The van der Waals surface area contributed by atoms with Gasteiger partial charge in [-0.25, -0.2) is 4.98 Å². The molecule has 4 nitrogen and oxygen atoms in total. The molecule has 41 heavy (non-hydrogen) atoms. The zero-order valence-corrected chi connectivity index (χ0v) is 22.1. The molecule has 0 N–H and O–H groups in total. The zero-order valence-electron chi connectivity index (χ0n) is 22.1. The van der Waals surface area contributed by atoms with E-state index in [4.69, 9.17) is 4.98 Å². The Morgan fingerprint density at radius 2 is 1.27 bits per heavy atom. The van der Waals surface area contributed by atoms with E-state index >= 15 is 0 Å². The monoisotopic (exact) mass is 524 g/mol. The van der Waals surface area contributed by atoms with E-state index in [1.165, 1.54) is 21.5 Å². The quantitative estimate of drug-likeness (QED) is 0.231. The van der Waals surface area contributed by atoms with Crippen LogP contribution in [0.2, 0.25) is 0 Å². The fourth-order valence-corrected chi connectivity index (χ4v) is 5.85. The number of nitrogens with zero attached hydrogens (tertiary/aromatic N) is 4. The van der Waals surface area contributed by atoms with E-state index in [9.17, 15) is 0 Å². The Bertz CT molecular complexity index is 2150. The number of aromatic nitrogens is 4. The number of rotatable bonds is 4. The van der Waals surface area contributed by atoms with Crippen molar-refractivity contribution < 1.29 is 0 Å². The van der Waals surface area contributed by atoms with Gasteiger partial charge < -0.3 is 4.57 Å². The van der Waals surface area contributed by atoms with Gasteiger partial charge in [0.2, 0.25) is 0 Å². The van der Waals surface area contributed by atoms with Gasteiger partial charge in [0.15, 0.2) is 0 Å². The van der Waals surface area contributed by atoms with Crippen LogP contribution in [0.3, 0.4) is 0 Å². The Kier molecular flexibility index (Phi) is 5.42. The molecule has 0 fully saturated rings. The Hall–Kier alpha value is -5.61. The largest absolute Gasteiger partial charge is 0.308 e. The van der Waals surface area contributed by atoms with Crippen molar-refractivity contribution in [2.75, 3.05) is 0 Å². The van der Waals surface area contributed by atoms with Crippen LogP contribution in [0.5, 0.6) is 0 Å². The van der Waals surface area contributed by atoms with E-state index in [0.29, 0.717) is 0 Å². The Morgan fingerprint density at radius 3 is 2.20 bits per heavy atom. The lowest BCUT2D eigenvalue weighted by Crippen LogP contribution is -1.96. The van der Waals surface area contributed by atoms with Crippen LogP contribution in [0.25, 0.3) is 72.0 Å². The highest BCUT2D eigenvalue weighted by molar-refractivity contribution is 6.09. The second-order valence-corrected chi connectivity index (χ2v) is 10.2. The van der Waals surface area contributed by atoms with Crippen molar-refractivity contribution in [3.63, 3.8) is 0 Å². The minimum Gasteiger partial charge on any atom is -0.308 e. The molecule has 0 saturated carbocycles. The first kappa shape index (κ1) is 23.3. The fraction of sp³-hybridized carbons (Fsp3) is 0. The third kappa shape index (κ3) is 3.97. The highest BCUT2D eigenvalue weighted by Gasteiger charge is 2.15. The summed E-state index contributed by atoms with van der Waals surface area (Å²) in [5.74, 6) is 0. The van der Waals surface area contributed by atoms with E-state index in [-0.39, 0.29) is 0 Å². The molecule has 0 aliphatic heterocycles. The molecule has 0 saturated heterocycles. The van der Waals surface area contributed by atoms with Crippen LogP contribution < -0.4 is 0 Å². The number of hydrogen-bond donors (Lipinski definition) is 0. The third-order valence-corrected chi connectivity index (χ3v) is 7.73. The molecule has 0 radical (unpaired) electrons. The Balaban J connectivity index is 1.35. The summed E-state index contributed by atoms with van der Waals surface area (Å²) in [7, 11) is 0. The second-order valence-electron chi connectivity index (χ2n) is 10.2. The summed E-state index contributed by atoms with van der Waals surface area (Å²) in [5.41, 5.74) is 9.25. The SMILES string of the molecule is c1ccc(-c2cc(-c3cccc(-n4c5ccccc5c5ccncc54)c3)cc(-c3cccc4ccccc34)n2)nc1. The molecule has 4 aromatic carbocycles. The third-order valence-electron chi connectivity index (χ3n) is 7.73. The number of fused-ring (bicyclic) bond motifs is 4. The lowest BCUT2D eigenvalue weighted by atomic mass is 9.97. The highest BCUT2D eigenvalue weighted by atomic mass is 15.0. The average molecular weight is 525 g/mol. The van der Waals surface area contributed by atoms with Crippen molar-refractivity contribution in [1.29, 1.82) is 0 Å². The van der Waals surface area contributed by atoms with Crippen LogP contribution in [0.1, 0.15) is 0 Å². The number of pyridine rings is 3. The van der Waals surface area contributed by atoms with Gasteiger partial charge in [-0.1, -0.05) is 78.9 Å².